The predicted molar refractivity (Wildman–Crippen MR) is 145 cm³/mol. The van der Waals surface area contributed by atoms with Crippen LogP contribution in [0.1, 0.15) is 54.4 Å². The standard InChI is InChI=1S/C31H33ClN2O/c1-22-10-12-24(13-11-22)20-34-21-29(27-8-3-4-9-30(27)34)28(25-6-5-7-26(32)18-25)19-31(35)33-16-14-23(2)15-17-33/h3-13,18,21,23,28H,14-17,19-20H2,1-2H3/t28-/m0/s1. The van der Waals surface area contributed by atoms with Gasteiger partial charge in [-0.05, 0) is 60.6 Å². The van der Waals surface area contributed by atoms with Gasteiger partial charge in [-0.1, -0.05) is 78.7 Å². The van der Waals surface area contributed by atoms with Gasteiger partial charge in [-0.2, -0.15) is 0 Å². The number of likely N-dealkylation sites (tertiary alicyclic amines) is 1. The SMILES string of the molecule is Cc1ccc(Cn2cc([C@@H](CC(=O)N3CCC(C)CC3)c3cccc(Cl)c3)c3ccccc32)cc1. The number of hydrogen-bond acceptors (Lipinski definition) is 1. The zero-order valence-corrected chi connectivity index (χ0v) is 21.3. The fourth-order valence-electron chi connectivity index (χ4n) is 5.27. The molecule has 1 aromatic heterocycles. The number of halogens is 1. The van der Waals surface area contributed by atoms with Crippen molar-refractivity contribution in [3.8, 4) is 0 Å². The average Bonchev–Trinajstić information content (AvgIpc) is 3.22. The zero-order chi connectivity index (χ0) is 24.4. The highest BCUT2D eigenvalue weighted by atomic mass is 35.5. The first-order valence-electron chi connectivity index (χ1n) is 12.6. The molecule has 0 spiro atoms. The Labute approximate surface area is 213 Å². The molecule has 2 heterocycles. The summed E-state index contributed by atoms with van der Waals surface area (Å²) in [6.45, 7) is 6.90. The number of amides is 1. The molecule has 4 heteroatoms. The number of hydrogen-bond donors (Lipinski definition) is 0. The summed E-state index contributed by atoms with van der Waals surface area (Å²) in [7, 11) is 0. The van der Waals surface area contributed by atoms with Gasteiger partial charge in [0.25, 0.3) is 0 Å². The van der Waals surface area contributed by atoms with Crippen molar-refractivity contribution in [1.82, 2.24) is 9.47 Å². The molecular weight excluding hydrogens is 452 g/mol. The molecule has 5 rings (SSSR count). The molecule has 4 aromatic rings. The van der Waals surface area contributed by atoms with Crippen LogP contribution >= 0.6 is 11.6 Å². The van der Waals surface area contributed by atoms with E-state index in [1.807, 2.05) is 18.2 Å². The topological polar surface area (TPSA) is 25.2 Å². The fraction of sp³-hybridized carbons (Fsp3) is 0.323. The second-order valence-electron chi connectivity index (χ2n) is 10.1. The van der Waals surface area contributed by atoms with E-state index in [2.05, 4.69) is 84.1 Å². The van der Waals surface area contributed by atoms with E-state index < -0.39 is 0 Å². The average molecular weight is 485 g/mol. The summed E-state index contributed by atoms with van der Waals surface area (Å²) >= 11 is 6.42. The molecule has 0 bridgehead atoms. The number of carbonyl (C=O) groups excluding carboxylic acids is 1. The van der Waals surface area contributed by atoms with Crippen LogP contribution in [0.4, 0.5) is 0 Å². The second kappa shape index (κ2) is 10.3. The van der Waals surface area contributed by atoms with Crippen molar-refractivity contribution < 1.29 is 4.79 Å². The lowest BCUT2D eigenvalue weighted by Crippen LogP contribution is -2.38. The molecule has 1 saturated heterocycles. The molecule has 180 valence electrons. The second-order valence-corrected chi connectivity index (χ2v) is 10.5. The quantitative estimate of drug-likeness (QED) is 0.279. The first-order chi connectivity index (χ1) is 17.0. The van der Waals surface area contributed by atoms with E-state index >= 15 is 0 Å². The van der Waals surface area contributed by atoms with Crippen LogP contribution in [0.25, 0.3) is 10.9 Å². The predicted octanol–water partition coefficient (Wildman–Crippen LogP) is 7.43. The molecule has 1 atom stereocenters. The molecule has 0 aliphatic carbocycles. The molecule has 3 nitrogen and oxygen atoms in total. The Balaban J connectivity index is 1.54. The molecule has 1 aliphatic heterocycles. The summed E-state index contributed by atoms with van der Waals surface area (Å²) in [5.41, 5.74) is 6.00. The van der Waals surface area contributed by atoms with Gasteiger partial charge in [0, 0.05) is 54.1 Å². The van der Waals surface area contributed by atoms with Gasteiger partial charge >= 0.3 is 0 Å². The van der Waals surface area contributed by atoms with Crippen molar-refractivity contribution >= 4 is 28.4 Å². The van der Waals surface area contributed by atoms with Crippen LogP contribution in [0.5, 0.6) is 0 Å². The maximum Gasteiger partial charge on any atom is 0.223 e. The van der Waals surface area contributed by atoms with Crippen molar-refractivity contribution in [1.29, 1.82) is 0 Å². The summed E-state index contributed by atoms with van der Waals surface area (Å²) in [4.78, 5) is 15.6. The highest BCUT2D eigenvalue weighted by Gasteiger charge is 2.27. The van der Waals surface area contributed by atoms with Crippen LogP contribution in [0, 0.1) is 12.8 Å². The molecule has 0 N–H and O–H groups in total. The Hall–Kier alpha value is -3.04. The number of aromatic nitrogens is 1. The molecule has 0 radical (unpaired) electrons. The largest absolute Gasteiger partial charge is 0.343 e. The van der Waals surface area contributed by atoms with E-state index in [-0.39, 0.29) is 11.8 Å². The number of fused-ring (bicyclic) bond motifs is 1. The minimum Gasteiger partial charge on any atom is -0.343 e. The van der Waals surface area contributed by atoms with E-state index in [0.717, 1.165) is 38.0 Å². The van der Waals surface area contributed by atoms with E-state index in [4.69, 9.17) is 11.6 Å². The van der Waals surface area contributed by atoms with Crippen LogP contribution in [0.2, 0.25) is 5.02 Å². The van der Waals surface area contributed by atoms with Gasteiger partial charge < -0.3 is 9.47 Å². The van der Waals surface area contributed by atoms with Gasteiger partial charge in [-0.15, -0.1) is 0 Å². The maximum atomic E-state index is 13.5. The number of aryl methyl sites for hydroxylation is 1. The number of benzene rings is 3. The van der Waals surface area contributed by atoms with Crippen molar-refractivity contribution in [3.63, 3.8) is 0 Å². The molecular formula is C31H33ClN2O. The molecule has 1 fully saturated rings. The third-order valence-corrected chi connectivity index (χ3v) is 7.67. The monoisotopic (exact) mass is 484 g/mol. The summed E-state index contributed by atoms with van der Waals surface area (Å²) < 4.78 is 2.32. The molecule has 3 aromatic carbocycles. The summed E-state index contributed by atoms with van der Waals surface area (Å²) in [5.74, 6) is 0.879. The summed E-state index contributed by atoms with van der Waals surface area (Å²) in [6.07, 6.45) is 4.88. The Bertz CT molecular complexity index is 1320. The van der Waals surface area contributed by atoms with E-state index in [0.29, 0.717) is 17.4 Å². The summed E-state index contributed by atoms with van der Waals surface area (Å²) in [6, 6.07) is 25.3. The van der Waals surface area contributed by atoms with Crippen LogP contribution in [0.15, 0.2) is 79.0 Å². The molecule has 1 aliphatic rings. The van der Waals surface area contributed by atoms with Crippen LogP contribution < -0.4 is 0 Å². The smallest absolute Gasteiger partial charge is 0.223 e. The van der Waals surface area contributed by atoms with Gasteiger partial charge in [0.2, 0.25) is 5.91 Å². The van der Waals surface area contributed by atoms with Crippen molar-refractivity contribution in [2.75, 3.05) is 13.1 Å². The van der Waals surface area contributed by atoms with Crippen molar-refractivity contribution in [3.05, 3.63) is 106 Å². The van der Waals surface area contributed by atoms with E-state index in [1.54, 1.807) is 0 Å². The molecule has 1 amide bonds. The zero-order valence-electron chi connectivity index (χ0n) is 20.6. The number of nitrogens with zero attached hydrogens (tertiary/aromatic N) is 2. The van der Waals surface area contributed by atoms with Gasteiger partial charge in [-0.3, -0.25) is 4.79 Å². The molecule has 0 saturated carbocycles. The highest BCUT2D eigenvalue weighted by Crippen LogP contribution is 2.36. The van der Waals surface area contributed by atoms with Crippen LogP contribution in [0.3, 0.4) is 0 Å². The fourth-order valence-corrected chi connectivity index (χ4v) is 5.46. The third-order valence-electron chi connectivity index (χ3n) is 7.43. The minimum absolute atomic E-state index is 0.0512. The third kappa shape index (κ3) is 5.31. The van der Waals surface area contributed by atoms with Crippen LogP contribution in [-0.2, 0) is 11.3 Å². The van der Waals surface area contributed by atoms with E-state index in [1.165, 1.54) is 27.6 Å². The van der Waals surface area contributed by atoms with E-state index in [9.17, 15) is 4.79 Å². The lowest BCUT2D eigenvalue weighted by Gasteiger charge is -2.31. The van der Waals surface area contributed by atoms with Gasteiger partial charge in [0.1, 0.15) is 0 Å². The Morgan fingerprint density at radius 2 is 1.74 bits per heavy atom. The lowest BCUT2D eigenvalue weighted by molar-refractivity contribution is -0.132. The normalized spacial score (nSPS) is 15.5. The van der Waals surface area contributed by atoms with Gasteiger partial charge in [-0.25, -0.2) is 0 Å². The highest BCUT2D eigenvalue weighted by molar-refractivity contribution is 6.30. The minimum atomic E-state index is -0.0512. The Kier molecular flexibility index (Phi) is 6.97. The first-order valence-corrected chi connectivity index (χ1v) is 13.0. The van der Waals surface area contributed by atoms with Gasteiger partial charge in [0.15, 0.2) is 0 Å². The molecule has 35 heavy (non-hydrogen) atoms. The summed E-state index contributed by atoms with van der Waals surface area (Å²) in [5, 5.41) is 1.90. The van der Waals surface area contributed by atoms with Crippen molar-refractivity contribution in [2.45, 2.75) is 45.6 Å². The van der Waals surface area contributed by atoms with Crippen molar-refractivity contribution in [2.24, 2.45) is 5.92 Å². The number of rotatable bonds is 6. The number of piperidine rings is 1. The van der Waals surface area contributed by atoms with Gasteiger partial charge in [0.05, 0.1) is 0 Å². The number of para-hydroxylation sites is 1. The first kappa shape index (κ1) is 23.7. The Morgan fingerprint density at radius 3 is 2.49 bits per heavy atom. The maximum absolute atomic E-state index is 13.5. The van der Waals surface area contributed by atoms with Crippen LogP contribution in [-0.4, -0.2) is 28.5 Å². The lowest BCUT2D eigenvalue weighted by atomic mass is 9.87. The molecule has 0 unspecified atom stereocenters. The number of carbonyl (C=O) groups is 1. The Morgan fingerprint density at radius 1 is 1.00 bits per heavy atom.